The Morgan fingerprint density at radius 2 is 1.77 bits per heavy atom. The van der Waals surface area contributed by atoms with Gasteiger partial charge in [0.05, 0.1) is 5.02 Å². The van der Waals surface area contributed by atoms with Crippen molar-refractivity contribution in [3.63, 3.8) is 0 Å². The molecule has 0 fully saturated rings. The fourth-order valence-corrected chi connectivity index (χ4v) is 4.05. The predicted molar refractivity (Wildman–Crippen MR) is 105 cm³/mol. The van der Waals surface area contributed by atoms with Crippen LogP contribution >= 0.6 is 22.9 Å². The van der Waals surface area contributed by atoms with Gasteiger partial charge in [-0.05, 0) is 18.6 Å². The van der Waals surface area contributed by atoms with Crippen LogP contribution in [0.15, 0.2) is 54.6 Å². The van der Waals surface area contributed by atoms with E-state index in [0.29, 0.717) is 16.4 Å². The molecule has 0 spiro atoms. The highest BCUT2D eigenvalue weighted by Gasteiger charge is 2.25. The number of fused-ring (bicyclic) bond motifs is 1. The number of hydrogen-bond donors (Lipinski definition) is 0. The summed E-state index contributed by atoms with van der Waals surface area (Å²) in [4.78, 5) is 26.8. The van der Waals surface area contributed by atoms with Crippen molar-refractivity contribution >= 4 is 44.9 Å². The molecule has 0 N–H and O–H groups in total. The van der Waals surface area contributed by atoms with Crippen LogP contribution in [-0.4, -0.2) is 29.9 Å². The van der Waals surface area contributed by atoms with E-state index >= 15 is 0 Å². The number of carbonyl (C=O) groups excluding carboxylic acids is 2. The molecule has 0 saturated carbocycles. The fraction of sp³-hybridized carbons (Fsp3) is 0.200. The summed E-state index contributed by atoms with van der Waals surface area (Å²) < 4.78 is 6.27. The lowest BCUT2D eigenvalue weighted by molar-refractivity contribution is -0.139. The molecule has 1 aromatic heterocycles. The molecular formula is C20H18ClNO3S. The van der Waals surface area contributed by atoms with E-state index in [1.54, 1.807) is 18.9 Å². The Bertz CT molecular complexity index is 939. The second-order valence-corrected chi connectivity index (χ2v) is 7.40. The third kappa shape index (κ3) is 3.89. The van der Waals surface area contributed by atoms with Crippen molar-refractivity contribution in [1.29, 1.82) is 0 Å². The number of ether oxygens (including phenoxy) is 1. The Kier molecular flexibility index (Phi) is 5.59. The van der Waals surface area contributed by atoms with Crippen LogP contribution in [-0.2, 0) is 16.1 Å². The molecule has 0 aliphatic rings. The van der Waals surface area contributed by atoms with E-state index < -0.39 is 12.1 Å². The first-order valence-corrected chi connectivity index (χ1v) is 9.33. The van der Waals surface area contributed by atoms with Crippen LogP contribution in [0.5, 0.6) is 0 Å². The zero-order valence-electron chi connectivity index (χ0n) is 14.4. The number of nitrogens with zero attached hydrogens (tertiary/aromatic N) is 1. The maximum absolute atomic E-state index is 12.5. The van der Waals surface area contributed by atoms with Gasteiger partial charge in [0.25, 0.3) is 5.91 Å². The summed E-state index contributed by atoms with van der Waals surface area (Å²) in [6.45, 7) is 2.02. The second-order valence-electron chi connectivity index (χ2n) is 5.97. The van der Waals surface area contributed by atoms with Gasteiger partial charge in [0, 0.05) is 23.7 Å². The normalized spacial score (nSPS) is 12.0. The van der Waals surface area contributed by atoms with Gasteiger partial charge in [-0.25, -0.2) is 4.79 Å². The summed E-state index contributed by atoms with van der Waals surface area (Å²) in [6, 6.07) is 17.1. The lowest BCUT2D eigenvalue weighted by Crippen LogP contribution is -2.37. The predicted octanol–water partition coefficient (Wildman–Crippen LogP) is 4.76. The summed E-state index contributed by atoms with van der Waals surface area (Å²) >= 11 is 7.56. The number of carbonyl (C=O) groups is 2. The summed E-state index contributed by atoms with van der Waals surface area (Å²) in [7, 11) is 1.69. The molecule has 1 amide bonds. The Morgan fingerprint density at radius 1 is 1.12 bits per heavy atom. The van der Waals surface area contributed by atoms with Crippen LogP contribution in [0.2, 0.25) is 5.02 Å². The van der Waals surface area contributed by atoms with Gasteiger partial charge in [-0.1, -0.05) is 60.1 Å². The fourth-order valence-electron chi connectivity index (χ4n) is 2.66. The lowest BCUT2D eigenvalue weighted by atomic mass is 10.2. The standard InChI is InChI=1S/C20H18ClNO3S/c1-13(19(23)22(2)12-14-8-4-3-5-9-14)25-20(24)18-17(21)15-10-6-7-11-16(15)26-18/h3-11,13H,12H2,1-2H3/t13-/m1/s1. The maximum atomic E-state index is 12.5. The first-order valence-electron chi connectivity index (χ1n) is 8.14. The molecule has 4 nitrogen and oxygen atoms in total. The van der Waals surface area contributed by atoms with E-state index in [-0.39, 0.29) is 5.91 Å². The number of hydrogen-bond acceptors (Lipinski definition) is 4. The van der Waals surface area contributed by atoms with Crippen molar-refractivity contribution in [2.24, 2.45) is 0 Å². The van der Waals surface area contributed by atoms with Gasteiger partial charge in [-0.2, -0.15) is 0 Å². The van der Waals surface area contributed by atoms with Crippen molar-refractivity contribution in [2.75, 3.05) is 7.05 Å². The highest BCUT2D eigenvalue weighted by Crippen LogP contribution is 2.35. The number of likely N-dealkylation sites (N-methyl/N-ethyl adjacent to an activating group) is 1. The van der Waals surface area contributed by atoms with E-state index in [0.717, 1.165) is 15.6 Å². The van der Waals surface area contributed by atoms with Crippen LogP contribution < -0.4 is 0 Å². The molecular weight excluding hydrogens is 370 g/mol. The molecule has 0 radical (unpaired) electrons. The lowest BCUT2D eigenvalue weighted by Gasteiger charge is -2.21. The zero-order chi connectivity index (χ0) is 18.7. The van der Waals surface area contributed by atoms with E-state index in [9.17, 15) is 9.59 Å². The van der Waals surface area contributed by atoms with Gasteiger partial charge in [-0.3, -0.25) is 4.79 Å². The molecule has 3 aromatic rings. The Balaban J connectivity index is 1.68. The number of esters is 1. The minimum Gasteiger partial charge on any atom is -0.448 e. The van der Waals surface area contributed by atoms with Gasteiger partial charge in [0.15, 0.2) is 6.10 Å². The van der Waals surface area contributed by atoms with E-state index in [1.165, 1.54) is 11.3 Å². The van der Waals surface area contributed by atoms with Gasteiger partial charge in [0.2, 0.25) is 0 Å². The number of halogens is 1. The van der Waals surface area contributed by atoms with E-state index in [1.807, 2.05) is 54.6 Å². The average molecular weight is 388 g/mol. The molecule has 0 bridgehead atoms. The Morgan fingerprint density at radius 3 is 2.46 bits per heavy atom. The molecule has 26 heavy (non-hydrogen) atoms. The molecule has 0 saturated heterocycles. The number of amides is 1. The number of thiophene rings is 1. The maximum Gasteiger partial charge on any atom is 0.350 e. The SMILES string of the molecule is C[C@@H](OC(=O)c1sc2ccccc2c1Cl)C(=O)N(C)Cc1ccccc1. The smallest absolute Gasteiger partial charge is 0.350 e. The Hall–Kier alpha value is -2.37. The third-order valence-electron chi connectivity index (χ3n) is 3.99. The summed E-state index contributed by atoms with van der Waals surface area (Å²) in [5.41, 5.74) is 1.01. The molecule has 3 rings (SSSR count). The zero-order valence-corrected chi connectivity index (χ0v) is 16.0. The largest absolute Gasteiger partial charge is 0.448 e. The minimum absolute atomic E-state index is 0.264. The van der Waals surface area contributed by atoms with Gasteiger partial charge < -0.3 is 9.64 Å². The van der Waals surface area contributed by atoms with Crippen molar-refractivity contribution in [3.05, 3.63) is 70.1 Å². The van der Waals surface area contributed by atoms with Crippen LogP contribution in [0.1, 0.15) is 22.2 Å². The number of benzene rings is 2. The second kappa shape index (κ2) is 7.89. The first-order chi connectivity index (χ1) is 12.5. The van der Waals surface area contributed by atoms with Crippen LogP contribution in [0.4, 0.5) is 0 Å². The quantitative estimate of drug-likeness (QED) is 0.593. The topological polar surface area (TPSA) is 46.6 Å². The van der Waals surface area contributed by atoms with Gasteiger partial charge in [-0.15, -0.1) is 11.3 Å². The molecule has 0 aliphatic heterocycles. The molecule has 2 aromatic carbocycles. The van der Waals surface area contributed by atoms with E-state index in [4.69, 9.17) is 16.3 Å². The van der Waals surface area contributed by atoms with Crippen molar-refractivity contribution < 1.29 is 14.3 Å². The summed E-state index contributed by atoms with van der Waals surface area (Å²) in [5.74, 6) is -0.843. The highest BCUT2D eigenvalue weighted by molar-refractivity contribution is 7.21. The van der Waals surface area contributed by atoms with Crippen molar-refractivity contribution in [3.8, 4) is 0 Å². The van der Waals surface area contributed by atoms with Crippen LogP contribution in [0.25, 0.3) is 10.1 Å². The van der Waals surface area contributed by atoms with Crippen LogP contribution in [0, 0.1) is 0 Å². The van der Waals surface area contributed by atoms with Crippen molar-refractivity contribution in [2.45, 2.75) is 19.6 Å². The molecule has 0 aliphatic carbocycles. The van der Waals surface area contributed by atoms with Crippen LogP contribution in [0.3, 0.4) is 0 Å². The van der Waals surface area contributed by atoms with Gasteiger partial charge in [0.1, 0.15) is 4.88 Å². The molecule has 1 heterocycles. The molecule has 0 unspecified atom stereocenters. The first kappa shape index (κ1) is 18.4. The van der Waals surface area contributed by atoms with E-state index in [2.05, 4.69) is 0 Å². The van der Waals surface area contributed by atoms with Gasteiger partial charge >= 0.3 is 5.97 Å². The molecule has 134 valence electrons. The number of rotatable bonds is 5. The monoisotopic (exact) mass is 387 g/mol. The van der Waals surface area contributed by atoms with Crippen molar-refractivity contribution in [1.82, 2.24) is 4.90 Å². The highest BCUT2D eigenvalue weighted by atomic mass is 35.5. The third-order valence-corrected chi connectivity index (χ3v) is 5.65. The molecule has 1 atom stereocenters. The summed E-state index contributed by atoms with van der Waals surface area (Å²) in [6.07, 6.45) is -0.891. The molecule has 6 heteroatoms. The average Bonchev–Trinajstić information content (AvgIpc) is 2.99. The Labute approximate surface area is 160 Å². The summed E-state index contributed by atoms with van der Waals surface area (Å²) in [5, 5.41) is 1.18. The minimum atomic E-state index is -0.891.